The fourth-order valence-electron chi connectivity index (χ4n) is 1.35. The number of benzene rings is 1. The Morgan fingerprint density at radius 2 is 2.18 bits per heavy atom. The maximum Gasteiger partial charge on any atom is 0.412 e. The van der Waals surface area contributed by atoms with Crippen molar-refractivity contribution in [3.63, 3.8) is 0 Å². The molecule has 1 amide bonds. The van der Waals surface area contributed by atoms with Gasteiger partial charge in [0, 0.05) is 19.4 Å². The van der Waals surface area contributed by atoms with E-state index in [1.54, 1.807) is 30.5 Å². The van der Waals surface area contributed by atoms with Crippen molar-refractivity contribution in [1.29, 1.82) is 0 Å². The molecule has 0 aliphatic heterocycles. The van der Waals surface area contributed by atoms with E-state index in [-0.39, 0.29) is 0 Å². The highest BCUT2D eigenvalue weighted by Crippen LogP contribution is 2.08. The van der Waals surface area contributed by atoms with Gasteiger partial charge in [-0.1, -0.05) is 18.2 Å². The van der Waals surface area contributed by atoms with Crippen LogP contribution in [0.2, 0.25) is 0 Å². The number of imidazole rings is 1. The maximum atomic E-state index is 11.4. The van der Waals surface area contributed by atoms with Crippen LogP contribution in [0.1, 0.15) is 5.82 Å². The van der Waals surface area contributed by atoms with Gasteiger partial charge in [0.1, 0.15) is 11.6 Å². The zero-order chi connectivity index (χ0) is 12.1. The van der Waals surface area contributed by atoms with Gasteiger partial charge < -0.3 is 14.6 Å². The minimum absolute atomic E-state index is 0.342. The number of ether oxygens (including phenoxy) is 1. The van der Waals surface area contributed by atoms with Crippen LogP contribution >= 0.6 is 0 Å². The lowest BCUT2D eigenvalue weighted by Gasteiger charge is -2.06. The van der Waals surface area contributed by atoms with Gasteiger partial charge in [0.25, 0.3) is 0 Å². The normalized spacial score (nSPS) is 9.94. The number of aryl methyl sites for hydroxylation is 1. The standard InChI is InChI=1S/C12H13N3O2/c1-15-8-7-13-11(15)9-14-12(16)17-10-5-3-2-4-6-10/h2-8H,9H2,1H3,(H,14,16). The third kappa shape index (κ3) is 3.07. The first-order valence-corrected chi connectivity index (χ1v) is 5.22. The molecular weight excluding hydrogens is 218 g/mol. The van der Waals surface area contributed by atoms with Crippen LogP contribution in [-0.2, 0) is 13.6 Å². The minimum Gasteiger partial charge on any atom is -0.410 e. The van der Waals surface area contributed by atoms with E-state index in [1.165, 1.54) is 0 Å². The SMILES string of the molecule is Cn1ccnc1CNC(=O)Oc1ccccc1. The lowest BCUT2D eigenvalue weighted by Crippen LogP contribution is -2.27. The van der Waals surface area contributed by atoms with Crippen LogP contribution in [0.5, 0.6) is 5.75 Å². The van der Waals surface area contributed by atoms with Crippen LogP contribution in [0, 0.1) is 0 Å². The Morgan fingerprint density at radius 3 is 2.82 bits per heavy atom. The first-order chi connectivity index (χ1) is 8.25. The largest absolute Gasteiger partial charge is 0.412 e. The molecular formula is C12H13N3O2. The van der Waals surface area contributed by atoms with E-state index in [4.69, 9.17) is 4.74 Å². The summed E-state index contributed by atoms with van der Waals surface area (Å²) in [6.07, 6.45) is 3.01. The van der Waals surface area contributed by atoms with E-state index in [0.29, 0.717) is 12.3 Å². The van der Waals surface area contributed by atoms with E-state index in [2.05, 4.69) is 10.3 Å². The van der Waals surface area contributed by atoms with Crippen molar-refractivity contribution in [3.8, 4) is 5.75 Å². The van der Waals surface area contributed by atoms with Gasteiger partial charge in [0.2, 0.25) is 0 Å². The van der Waals surface area contributed by atoms with Crippen LogP contribution < -0.4 is 10.1 Å². The molecule has 88 valence electrons. The zero-order valence-corrected chi connectivity index (χ0v) is 9.46. The first-order valence-electron chi connectivity index (χ1n) is 5.22. The van der Waals surface area contributed by atoms with Gasteiger partial charge >= 0.3 is 6.09 Å². The molecule has 0 saturated heterocycles. The average Bonchev–Trinajstić information content (AvgIpc) is 2.74. The molecule has 2 rings (SSSR count). The summed E-state index contributed by atoms with van der Waals surface area (Å²) in [5, 5.41) is 2.63. The molecule has 1 aromatic carbocycles. The second-order valence-electron chi connectivity index (χ2n) is 3.51. The Hall–Kier alpha value is -2.30. The monoisotopic (exact) mass is 231 g/mol. The van der Waals surface area contributed by atoms with Gasteiger partial charge in [-0.15, -0.1) is 0 Å². The van der Waals surface area contributed by atoms with E-state index >= 15 is 0 Å². The molecule has 0 bridgehead atoms. The maximum absolute atomic E-state index is 11.4. The lowest BCUT2D eigenvalue weighted by molar-refractivity contribution is 0.199. The van der Waals surface area contributed by atoms with Crippen molar-refractivity contribution < 1.29 is 9.53 Å². The Bertz CT molecular complexity index is 493. The molecule has 0 saturated carbocycles. The quantitative estimate of drug-likeness (QED) is 0.874. The first kappa shape index (κ1) is 11.2. The highest BCUT2D eigenvalue weighted by atomic mass is 16.6. The molecule has 1 aromatic heterocycles. The van der Waals surface area contributed by atoms with Crippen molar-refractivity contribution >= 4 is 6.09 Å². The predicted octanol–water partition coefficient (Wildman–Crippen LogP) is 1.71. The van der Waals surface area contributed by atoms with Gasteiger partial charge in [-0.25, -0.2) is 9.78 Å². The van der Waals surface area contributed by atoms with Crippen molar-refractivity contribution in [1.82, 2.24) is 14.9 Å². The third-order valence-electron chi connectivity index (χ3n) is 2.27. The van der Waals surface area contributed by atoms with Crippen LogP contribution in [-0.4, -0.2) is 15.6 Å². The Morgan fingerprint density at radius 1 is 1.41 bits per heavy atom. The van der Waals surface area contributed by atoms with Gasteiger partial charge in [-0.2, -0.15) is 0 Å². The number of rotatable bonds is 3. The number of aromatic nitrogens is 2. The summed E-state index contributed by atoms with van der Waals surface area (Å²) >= 11 is 0. The molecule has 0 unspecified atom stereocenters. The summed E-state index contributed by atoms with van der Waals surface area (Å²) in [4.78, 5) is 15.5. The molecule has 2 aromatic rings. The number of nitrogens with zero attached hydrogens (tertiary/aromatic N) is 2. The second-order valence-corrected chi connectivity index (χ2v) is 3.51. The molecule has 5 heteroatoms. The fraction of sp³-hybridized carbons (Fsp3) is 0.167. The summed E-state index contributed by atoms with van der Waals surface area (Å²) in [5.74, 6) is 1.29. The molecule has 0 spiro atoms. The van der Waals surface area contributed by atoms with Gasteiger partial charge in [-0.05, 0) is 12.1 Å². The van der Waals surface area contributed by atoms with Crippen LogP contribution in [0.15, 0.2) is 42.7 Å². The molecule has 0 aliphatic carbocycles. The number of nitrogens with one attached hydrogen (secondary N) is 1. The minimum atomic E-state index is -0.487. The third-order valence-corrected chi connectivity index (χ3v) is 2.27. The topological polar surface area (TPSA) is 56.2 Å². The van der Waals surface area contributed by atoms with Crippen LogP contribution in [0.3, 0.4) is 0 Å². The van der Waals surface area contributed by atoms with E-state index < -0.39 is 6.09 Å². The molecule has 0 radical (unpaired) electrons. The summed E-state index contributed by atoms with van der Waals surface area (Å²) in [5.41, 5.74) is 0. The van der Waals surface area contributed by atoms with Crippen molar-refractivity contribution in [2.45, 2.75) is 6.54 Å². The summed E-state index contributed by atoms with van der Waals surface area (Å²) in [6, 6.07) is 8.92. The number of carbonyl (C=O) groups excluding carboxylic acids is 1. The number of carbonyl (C=O) groups is 1. The fourth-order valence-corrected chi connectivity index (χ4v) is 1.35. The Labute approximate surface area is 99.0 Å². The number of amides is 1. The highest BCUT2D eigenvalue weighted by Gasteiger charge is 2.05. The molecule has 0 atom stereocenters. The predicted molar refractivity (Wildman–Crippen MR) is 62.5 cm³/mol. The van der Waals surface area contributed by atoms with Gasteiger partial charge in [-0.3, -0.25) is 0 Å². The molecule has 1 heterocycles. The highest BCUT2D eigenvalue weighted by molar-refractivity contribution is 5.70. The summed E-state index contributed by atoms with van der Waals surface area (Å²) in [6.45, 7) is 0.342. The number of para-hydroxylation sites is 1. The smallest absolute Gasteiger partial charge is 0.410 e. The Kier molecular flexibility index (Phi) is 3.40. The number of hydrogen-bond donors (Lipinski definition) is 1. The van der Waals surface area contributed by atoms with E-state index in [0.717, 1.165) is 5.82 Å². The zero-order valence-electron chi connectivity index (χ0n) is 9.46. The Balaban J connectivity index is 1.84. The van der Waals surface area contributed by atoms with Crippen molar-refractivity contribution in [2.24, 2.45) is 7.05 Å². The molecule has 0 aliphatic rings. The van der Waals surface area contributed by atoms with E-state index in [1.807, 2.05) is 23.9 Å². The van der Waals surface area contributed by atoms with Crippen LogP contribution in [0.4, 0.5) is 4.79 Å². The second kappa shape index (κ2) is 5.16. The molecule has 1 N–H and O–H groups in total. The average molecular weight is 231 g/mol. The molecule has 17 heavy (non-hydrogen) atoms. The van der Waals surface area contributed by atoms with E-state index in [9.17, 15) is 4.79 Å². The summed E-state index contributed by atoms with van der Waals surface area (Å²) < 4.78 is 6.90. The molecule has 5 nitrogen and oxygen atoms in total. The van der Waals surface area contributed by atoms with Crippen molar-refractivity contribution in [2.75, 3.05) is 0 Å². The molecule has 0 fully saturated rings. The van der Waals surface area contributed by atoms with Gasteiger partial charge in [0.15, 0.2) is 0 Å². The number of hydrogen-bond acceptors (Lipinski definition) is 3. The van der Waals surface area contributed by atoms with Gasteiger partial charge in [0.05, 0.1) is 6.54 Å². The lowest BCUT2D eigenvalue weighted by atomic mass is 10.3. The van der Waals surface area contributed by atoms with Crippen LogP contribution in [0.25, 0.3) is 0 Å². The van der Waals surface area contributed by atoms with Crippen molar-refractivity contribution in [3.05, 3.63) is 48.5 Å². The summed E-state index contributed by atoms with van der Waals surface area (Å²) in [7, 11) is 1.87.